The van der Waals surface area contributed by atoms with Crippen LogP contribution in [0.3, 0.4) is 0 Å². The third-order valence-electron chi connectivity index (χ3n) is 1.18. The van der Waals surface area contributed by atoms with Crippen molar-refractivity contribution in [1.82, 2.24) is 0 Å². The molecule has 0 saturated heterocycles. The monoisotopic (exact) mass is 159 g/mol. The number of esters is 1. The normalized spacial score (nSPS) is 12.2. The summed E-state index contributed by atoms with van der Waals surface area (Å²) < 4.78 is 4.62. The summed E-state index contributed by atoms with van der Waals surface area (Å²) in [6.07, 6.45) is 1.40. The van der Waals surface area contributed by atoms with Crippen LogP contribution in [0.15, 0.2) is 0 Å². The van der Waals surface area contributed by atoms with Crippen LogP contribution in [-0.2, 0) is 14.3 Å². The Kier molecular flexibility index (Phi) is 5.37. The number of ether oxygens (including phenoxy) is 1. The summed E-state index contributed by atoms with van der Waals surface area (Å²) in [4.78, 5) is 20.7. The molecular formula is C7H13NO3. The standard InChI is InChI=1S/C7H13NO3/c1-2-11-7(10)6(8)4-3-5-9/h5-6H,2-4,8H2,1H3/t6-/m0/s1. The Morgan fingerprint density at radius 1 is 1.73 bits per heavy atom. The Balaban J connectivity index is 3.54. The molecule has 11 heavy (non-hydrogen) atoms. The molecule has 0 aliphatic rings. The van der Waals surface area contributed by atoms with E-state index in [0.717, 1.165) is 6.29 Å². The van der Waals surface area contributed by atoms with Gasteiger partial charge in [0.1, 0.15) is 12.3 Å². The molecule has 0 heterocycles. The van der Waals surface area contributed by atoms with E-state index in [-0.39, 0.29) is 0 Å². The van der Waals surface area contributed by atoms with E-state index in [2.05, 4.69) is 4.74 Å². The Bertz CT molecular complexity index is 136. The average Bonchev–Trinajstić information content (AvgIpc) is 2.00. The highest BCUT2D eigenvalue weighted by Gasteiger charge is 2.12. The highest BCUT2D eigenvalue weighted by molar-refractivity contribution is 5.75. The molecule has 0 aromatic rings. The van der Waals surface area contributed by atoms with E-state index in [1.165, 1.54) is 0 Å². The maximum Gasteiger partial charge on any atom is 0.322 e. The number of carbonyl (C=O) groups excluding carboxylic acids is 2. The molecule has 4 heteroatoms. The van der Waals surface area contributed by atoms with Crippen molar-refractivity contribution in [3.8, 4) is 0 Å². The largest absolute Gasteiger partial charge is 0.465 e. The van der Waals surface area contributed by atoms with E-state index in [1.54, 1.807) is 6.92 Å². The molecule has 4 nitrogen and oxygen atoms in total. The first-order valence-corrected chi connectivity index (χ1v) is 3.58. The lowest BCUT2D eigenvalue weighted by molar-refractivity contribution is -0.144. The molecule has 0 fully saturated rings. The van der Waals surface area contributed by atoms with Crippen LogP contribution in [0.25, 0.3) is 0 Å². The lowest BCUT2D eigenvalue weighted by Crippen LogP contribution is -2.32. The second-order valence-corrected chi connectivity index (χ2v) is 2.10. The minimum absolute atomic E-state index is 0.306. The zero-order chi connectivity index (χ0) is 8.69. The molecule has 0 radical (unpaired) electrons. The van der Waals surface area contributed by atoms with Gasteiger partial charge in [0.15, 0.2) is 0 Å². The maximum absolute atomic E-state index is 10.8. The van der Waals surface area contributed by atoms with Crippen molar-refractivity contribution in [1.29, 1.82) is 0 Å². The number of aldehydes is 1. The zero-order valence-electron chi connectivity index (χ0n) is 6.58. The Morgan fingerprint density at radius 2 is 2.36 bits per heavy atom. The zero-order valence-corrected chi connectivity index (χ0v) is 6.58. The number of carbonyl (C=O) groups is 2. The summed E-state index contributed by atoms with van der Waals surface area (Å²) in [7, 11) is 0. The van der Waals surface area contributed by atoms with Crippen molar-refractivity contribution in [2.45, 2.75) is 25.8 Å². The molecule has 0 amide bonds. The van der Waals surface area contributed by atoms with Gasteiger partial charge in [0, 0.05) is 6.42 Å². The van der Waals surface area contributed by atoms with Crippen molar-refractivity contribution >= 4 is 12.3 Å². The number of hydrogen-bond donors (Lipinski definition) is 1. The lowest BCUT2D eigenvalue weighted by atomic mass is 10.2. The van der Waals surface area contributed by atoms with Gasteiger partial charge in [-0.3, -0.25) is 4.79 Å². The smallest absolute Gasteiger partial charge is 0.322 e. The highest BCUT2D eigenvalue weighted by Crippen LogP contribution is 1.94. The number of rotatable bonds is 5. The van der Waals surface area contributed by atoms with Crippen LogP contribution in [0.4, 0.5) is 0 Å². The van der Waals surface area contributed by atoms with Gasteiger partial charge in [-0.05, 0) is 13.3 Å². The lowest BCUT2D eigenvalue weighted by Gasteiger charge is -2.07. The molecule has 0 aliphatic carbocycles. The number of nitrogens with two attached hydrogens (primary N) is 1. The van der Waals surface area contributed by atoms with Crippen LogP contribution in [0.5, 0.6) is 0 Å². The molecule has 0 rings (SSSR count). The van der Waals surface area contributed by atoms with E-state index in [4.69, 9.17) is 5.73 Å². The summed E-state index contributed by atoms with van der Waals surface area (Å²) in [6, 6.07) is -0.653. The van der Waals surface area contributed by atoms with E-state index in [9.17, 15) is 9.59 Å². The van der Waals surface area contributed by atoms with Crippen LogP contribution < -0.4 is 5.73 Å². The van der Waals surface area contributed by atoms with Gasteiger partial charge >= 0.3 is 5.97 Å². The van der Waals surface area contributed by atoms with E-state index < -0.39 is 12.0 Å². The fraction of sp³-hybridized carbons (Fsp3) is 0.714. The number of hydrogen-bond acceptors (Lipinski definition) is 4. The Labute approximate surface area is 65.7 Å². The van der Waals surface area contributed by atoms with Crippen LogP contribution in [0.1, 0.15) is 19.8 Å². The van der Waals surface area contributed by atoms with Gasteiger partial charge in [0.2, 0.25) is 0 Å². The minimum atomic E-state index is -0.653. The quantitative estimate of drug-likeness (QED) is 0.447. The van der Waals surface area contributed by atoms with E-state index in [0.29, 0.717) is 19.4 Å². The van der Waals surface area contributed by atoms with Crippen molar-refractivity contribution in [2.24, 2.45) is 5.73 Å². The summed E-state index contributed by atoms with van der Waals surface area (Å²) in [5, 5.41) is 0. The van der Waals surface area contributed by atoms with E-state index >= 15 is 0 Å². The second-order valence-electron chi connectivity index (χ2n) is 2.10. The van der Waals surface area contributed by atoms with Crippen LogP contribution in [0.2, 0.25) is 0 Å². The van der Waals surface area contributed by atoms with E-state index in [1.807, 2.05) is 0 Å². The second kappa shape index (κ2) is 5.85. The molecule has 0 bridgehead atoms. The summed E-state index contributed by atoms with van der Waals surface area (Å²) in [5.41, 5.74) is 5.36. The highest BCUT2D eigenvalue weighted by atomic mass is 16.5. The average molecular weight is 159 g/mol. The first-order chi connectivity index (χ1) is 5.22. The van der Waals surface area contributed by atoms with Crippen molar-refractivity contribution in [3.05, 3.63) is 0 Å². The molecule has 0 unspecified atom stereocenters. The SMILES string of the molecule is CCOC(=O)[C@@H](N)CCC=O. The minimum Gasteiger partial charge on any atom is -0.465 e. The molecule has 2 N–H and O–H groups in total. The third kappa shape index (κ3) is 4.50. The van der Waals surface area contributed by atoms with Crippen LogP contribution in [0, 0.1) is 0 Å². The molecule has 0 aliphatic heterocycles. The van der Waals surface area contributed by atoms with Gasteiger partial charge < -0.3 is 15.3 Å². The van der Waals surface area contributed by atoms with Gasteiger partial charge in [0.05, 0.1) is 6.61 Å². The summed E-state index contributed by atoms with van der Waals surface area (Å²) in [5.74, 6) is -0.436. The van der Waals surface area contributed by atoms with Gasteiger partial charge in [-0.15, -0.1) is 0 Å². The Morgan fingerprint density at radius 3 is 2.82 bits per heavy atom. The molecule has 0 aromatic carbocycles. The topological polar surface area (TPSA) is 69.4 Å². The molecule has 0 aromatic heterocycles. The molecule has 0 saturated carbocycles. The van der Waals surface area contributed by atoms with Gasteiger partial charge in [-0.2, -0.15) is 0 Å². The predicted octanol–water partition coefficient (Wildman–Crippen LogP) is -0.144. The first-order valence-electron chi connectivity index (χ1n) is 3.58. The Hall–Kier alpha value is -0.900. The fourth-order valence-electron chi connectivity index (χ4n) is 0.615. The molecule has 1 atom stereocenters. The van der Waals surface area contributed by atoms with Gasteiger partial charge in [-0.1, -0.05) is 0 Å². The first kappa shape index (κ1) is 10.1. The van der Waals surface area contributed by atoms with Crippen LogP contribution >= 0.6 is 0 Å². The van der Waals surface area contributed by atoms with Crippen molar-refractivity contribution in [2.75, 3.05) is 6.61 Å². The van der Waals surface area contributed by atoms with Gasteiger partial charge in [-0.25, -0.2) is 0 Å². The predicted molar refractivity (Wildman–Crippen MR) is 39.9 cm³/mol. The molecular weight excluding hydrogens is 146 g/mol. The fourth-order valence-corrected chi connectivity index (χ4v) is 0.615. The van der Waals surface area contributed by atoms with Crippen LogP contribution in [-0.4, -0.2) is 24.9 Å². The molecule has 0 spiro atoms. The molecule has 64 valence electrons. The summed E-state index contributed by atoms with van der Waals surface area (Å²) >= 11 is 0. The van der Waals surface area contributed by atoms with Crippen molar-refractivity contribution in [3.63, 3.8) is 0 Å². The van der Waals surface area contributed by atoms with Gasteiger partial charge in [0.25, 0.3) is 0 Å². The van der Waals surface area contributed by atoms with Crippen molar-refractivity contribution < 1.29 is 14.3 Å². The third-order valence-corrected chi connectivity index (χ3v) is 1.18. The summed E-state index contributed by atoms with van der Waals surface area (Å²) in [6.45, 7) is 2.04. The maximum atomic E-state index is 10.8.